The predicted octanol–water partition coefficient (Wildman–Crippen LogP) is 2.76. The molecule has 0 heterocycles. The van der Waals surface area contributed by atoms with Crippen molar-refractivity contribution in [3.8, 4) is 5.75 Å². The van der Waals surface area contributed by atoms with Crippen LogP contribution in [-0.4, -0.2) is 48.3 Å². The van der Waals surface area contributed by atoms with E-state index in [1.807, 2.05) is 11.9 Å². The standard InChI is InChI=1S/C14H19Cl2N3O2.HI/c1-19(9-5-6-9)14(17)18-7-10(20)8-21-12-4-2-3-11(15)13(12)16;/h2-4,9-10,20H,5-8H2,1H3,(H2,17,18);1H. The number of hydrogen-bond acceptors (Lipinski definition) is 3. The maximum absolute atomic E-state index is 9.87. The van der Waals surface area contributed by atoms with Gasteiger partial charge in [0.15, 0.2) is 5.96 Å². The maximum Gasteiger partial charge on any atom is 0.191 e. The zero-order valence-corrected chi connectivity index (χ0v) is 16.0. The first-order valence-electron chi connectivity index (χ1n) is 6.76. The second kappa shape index (κ2) is 9.00. The summed E-state index contributed by atoms with van der Waals surface area (Å²) in [6, 6.07) is 5.59. The van der Waals surface area contributed by atoms with Gasteiger partial charge in [-0.05, 0) is 25.0 Å². The van der Waals surface area contributed by atoms with Crippen LogP contribution in [0, 0.1) is 0 Å². The number of hydrogen-bond donors (Lipinski definition) is 2. The largest absolute Gasteiger partial charge is 0.489 e. The Morgan fingerprint density at radius 2 is 2.18 bits per heavy atom. The Balaban J connectivity index is 0.00000242. The monoisotopic (exact) mass is 459 g/mol. The first-order chi connectivity index (χ1) is 9.99. The third kappa shape index (κ3) is 5.64. The quantitative estimate of drug-likeness (QED) is 0.390. The molecule has 1 fully saturated rings. The van der Waals surface area contributed by atoms with Gasteiger partial charge in [-0.3, -0.25) is 4.99 Å². The molecule has 1 aromatic carbocycles. The van der Waals surface area contributed by atoms with Crippen molar-refractivity contribution >= 4 is 53.1 Å². The number of aliphatic hydroxyl groups is 1. The highest BCUT2D eigenvalue weighted by Crippen LogP contribution is 2.31. The van der Waals surface area contributed by atoms with E-state index >= 15 is 0 Å². The van der Waals surface area contributed by atoms with E-state index in [9.17, 15) is 5.11 Å². The molecule has 22 heavy (non-hydrogen) atoms. The van der Waals surface area contributed by atoms with Crippen LogP contribution in [0.1, 0.15) is 12.8 Å². The number of benzene rings is 1. The Labute approximate surface area is 157 Å². The second-order valence-corrected chi connectivity index (χ2v) is 5.84. The molecular formula is C14H20Cl2IN3O2. The minimum Gasteiger partial charge on any atom is -0.489 e. The van der Waals surface area contributed by atoms with E-state index < -0.39 is 6.10 Å². The SMILES string of the molecule is CN(C(N)=NCC(O)COc1cccc(Cl)c1Cl)C1CC1.I. The fraction of sp³-hybridized carbons (Fsp3) is 0.500. The van der Waals surface area contributed by atoms with Crippen LogP contribution in [0.4, 0.5) is 0 Å². The van der Waals surface area contributed by atoms with Crippen LogP contribution in [0.15, 0.2) is 23.2 Å². The molecule has 1 atom stereocenters. The molecule has 2 rings (SSSR count). The Bertz CT molecular complexity index is 527. The minimum atomic E-state index is -0.758. The molecule has 1 aliphatic rings. The van der Waals surface area contributed by atoms with Gasteiger partial charge in [-0.15, -0.1) is 24.0 Å². The normalized spacial score (nSPS) is 15.9. The van der Waals surface area contributed by atoms with Gasteiger partial charge in [0.25, 0.3) is 0 Å². The summed E-state index contributed by atoms with van der Waals surface area (Å²) < 4.78 is 5.44. The zero-order valence-electron chi connectivity index (χ0n) is 12.2. The molecule has 1 aliphatic carbocycles. The Kier molecular flexibility index (Phi) is 8.02. The van der Waals surface area contributed by atoms with E-state index in [4.69, 9.17) is 33.7 Å². The van der Waals surface area contributed by atoms with E-state index in [2.05, 4.69) is 4.99 Å². The average molecular weight is 460 g/mol. The lowest BCUT2D eigenvalue weighted by Crippen LogP contribution is -2.36. The van der Waals surface area contributed by atoms with E-state index in [-0.39, 0.29) is 37.1 Å². The molecule has 0 amide bonds. The van der Waals surface area contributed by atoms with Crippen molar-refractivity contribution in [3.05, 3.63) is 28.2 Å². The molecular weight excluding hydrogens is 440 g/mol. The van der Waals surface area contributed by atoms with Crippen molar-refractivity contribution in [2.24, 2.45) is 10.7 Å². The second-order valence-electron chi connectivity index (χ2n) is 5.06. The van der Waals surface area contributed by atoms with Crippen LogP contribution >= 0.6 is 47.2 Å². The highest BCUT2D eigenvalue weighted by molar-refractivity contribution is 14.0. The Hall–Kier alpha value is -0.440. The van der Waals surface area contributed by atoms with Crippen molar-refractivity contribution < 1.29 is 9.84 Å². The molecule has 0 aromatic heterocycles. The number of nitrogens with two attached hydrogens (primary N) is 1. The van der Waals surface area contributed by atoms with E-state index in [1.54, 1.807) is 18.2 Å². The molecule has 1 aromatic rings. The summed E-state index contributed by atoms with van der Waals surface area (Å²) >= 11 is 11.9. The van der Waals surface area contributed by atoms with Crippen molar-refractivity contribution in [1.29, 1.82) is 0 Å². The molecule has 0 bridgehead atoms. The summed E-state index contributed by atoms with van der Waals surface area (Å²) in [5.74, 6) is 0.882. The number of ether oxygens (including phenoxy) is 1. The molecule has 8 heteroatoms. The zero-order chi connectivity index (χ0) is 15.4. The van der Waals surface area contributed by atoms with Crippen LogP contribution in [0.25, 0.3) is 0 Å². The van der Waals surface area contributed by atoms with Crippen molar-refractivity contribution in [2.45, 2.75) is 25.0 Å². The van der Waals surface area contributed by atoms with Crippen molar-refractivity contribution in [1.82, 2.24) is 4.90 Å². The molecule has 0 spiro atoms. The number of aliphatic hydroxyl groups excluding tert-OH is 1. The average Bonchev–Trinajstić information content (AvgIpc) is 3.30. The van der Waals surface area contributed by atoms with Crippen molar-refractivity contribution in [2.75, 3.05) is 20.2 Å². The predicted molar refractivity (Wildman–Crippen MR) is 101 cm³/mol. The van der Waals surface area contributed by atoms with Crippen LogP contribution in [-0.2, 0) is 0 Å². The summed E-state index contributed by atoms with van der Waals surface area (Å²) in [4.78, 5) is 6.10. The van der Waals surface area contributed by atoms with Gasteiger partial charge in [0.05, 0.1) is 11.6 Å². The first-order valence-corrected chi connectivity index (χ1v) is 7.52. The number of nitrogens with zero attached hydrogens (tertiary/aromatic N) is 2. The van der Waals surface area contributed by atoms with E-state index in [1.165, 1.54) is 0 Å². The molecule has 0 saturated heterocycles. The van der Waals surface area contributed by atoms with E-state index in [0.29, 0.717) is 27.8 Å². The number of rotatable bonds is 6. The lowest BCUT2D eigenvalue weighted by Gasteiger charge is -2.18. The molecule has 0 radical (unpaired) electrons. The molecule has 1 saturated carbocycles. The summed E-state index contributed by atoms with van der Waals surface area (Å²) in [6.07, 6.45) is 1.53. The summed E-state index contributed by atoms with van der Waals surface area (Å²) in [6.45, 7) is 0.255. The van der Waals surface area contributed by atoms with Crippen LogP contribution in [0.2, 0.25) is 10.0 Å². The molecule has 5 nitrogen and oxygen atoms in total. The third-order valence-electron chi connectivity index (χ3n) is 3.27. The van der Waals surface area contributed by atoms with Gasteiger partial charge in [0.2, 0.25) is 0 Å². The lowest BCUT2D eigenvalue weighted by atomic mass is 10.3. The number of guanidine groups is 1. The highest BCUT2D eigenvalue weighted by Gasteiger charge is 2.27. The fourth-order valence-corrected chi connectivity index (χ4v) is 2.14. The number of halogens is 3. The van der Waals surface area contributed by atoms with Gasteiger partial charge < -0.3 is 20.5 Å². The molecule has 1 unspecified atom stereocenters. The topological polar surface area (TPSA) is 71.1 Å². The van der Waals surface area contributed by atoms with Gasteiger partial charge in [-0.2, -0.15) is 0 Å². The highest BCUT2D eigenvalue weighted by atomic mass is 127. The maximum atomic E-state index is 9.87. The smallest absolute Gasteiger partial charge is 0.191 e. The van der Waals surface area contributed by atoms with Crippen LogP contribution in [0.3, 0.4) is 0 Å². The Morgan fingerprint density at radius 1 is 1.50 bits per heavy atom. The van der Waals surface area contributed by atoms with Gasteiger partial charge in [0.1, 0.15) is 23.5 Å². The minimum absolute atomic E-state index is 0. The molecule has 124 valence electrons. The lowest BCUT2D eigenvalue weighted by molar-refractivity contribution is 0.114. The van der Waals surface area contributed by atoms with Gasteiger partial charge in [-0.1, -0.05) is 29.3 Å². The van der Waals surface area contributed by atoms with Crippen LogP contribution < -0.4 is 10.5 Å². The summed E-state index contributed by atoms with van der Waals surface area (Å²) in [5, 5.41) is 10.6. The third-order valence-corrected chi connectivity index (χ3v) is 4.07. The van der Waals surface area contributed by atoms with Crippen LogP contribution in [0.5, 0.6) is 5.75 Å². The summed E-state index contributed by atoms with van der Waals surface area (Å²) in [5.41, 5.74) is 5.84. The fourth-order valence-electron chi connectivity index (χ4n) is 1.79. The van der Waals surface area contributed by atoms with Gasteiger partial charge >= 0.3 is 0 Å². The van der Waals surface area contributed by atoms with E-state index in [0.717, 1.165) is 12.8 Å². The molecule has 0 aliphatic heterocycles. The molecule has 3 N–H and O–H groups in total. The van der Waals surface area contributed by atoms with Crippen molar-refractivity contribution in [3.63, 3.8) is 0 Å². The van der Waals surface area contributed by atoms with Gasteiger partial charge in [0, 0.05) is 13.1 Å². The van der Waals surface area contributed by atoms with Gasteiger partial charge in [-0.25, -0.2) is 0 Å². The first kappa shape index (κ1) is 19.6. The Morgan fingerprint density at radius 3 is 2.82 bits per heavy atom. The number of aliphatic imine (C=N–C) groups is 1. The summed E-state index contributed by atoms with van der Waals surface area (Å²) in [7, 11) is 1.91.